The summed E-state index contributed by atoms with van der Waals surface area (Å²) in [7, 11) is 0. The van der Waals surface area contributed by atoms with Gasteiger partial charge in [-0.1, -0.05) is 15.9 Å². The van der Waals surface area contributed by atoms with Crippen molar-refractivity contribution >= 4 is 48.7 Å². The Morgan fingerprint density at radius 1 is 1.44 bits per heavy atom. The van der Waals surface area contributed by atoms with Crippen LogP contribution in [0.15, 0.2) is 31.6 Å². The van der Waals surface area contributed by atoms with Crippen LogP contribution in [0.4, 0.5) is 0 Å². The van der Waals surface area contributed by atoms with E-state index in [9.17, 15) is 4.79 Å². The maximum Gasteiger partial charge on any atom is 0.287 e. The summed E-state index contributed by atoms with van der Waals surface area (Å²) in [5.74, 6) is 0.0243. The number of rotatable bonds is 3. The lowest BCUT2D eigenvalue weighted by molar-refractivity contribution is 0.0915. The zero-order chi connectivity index (χ0) is 13.3. The second kappa shape index (κ2) is 5.42. The number of nitrogens with two attached hydrogens (primary N) is 1. The first kappa shape index (κ1) is 13.6. The SMILES string of the molecule is C[C@@H](CN)NC(=O)c1cc2cc(Br)cc(Br)c2o1. The van der Waals surface area contributed by atoms with E-state index < -0.39 is 0 Å². The van der Waals surface area contributed by atoms with E-state index >= 15 is 0 Å². The Morgan fingerprint density at radius 3 is 2.83 bits per heavy atom. The maximum absolute atomic E-state index is 11.9. The quantitative estimate of drug-likeness (QED) is 0.866. The van der Waals surface area contributed by atoms with Crippen LogP contribution >= 0.6 is 31.9 Å². The number of benzene rings is 1. The van der Waals surface area contributed by atoms with Crippen LogP contribution < -0.4 is 11.1 Å². The molecule has 0 bridgehead atoms. The molecule has 1 heterocycles. The smallest absolute Gasteiger partial charge is 0.287 e. The van der Waals surface area contributed by atoms with Gasteiger partial charge in [0.15, 0.2) is 5.76 Å². The summed E-state index contributed by atoms with van der Waals surface area (Å²) < 4.78 is 7.27. The van der Waals surface area contributed by atoms with E-state index in [1.54, 1.807) is 6.07 Å². The van der Waals surface area contributed by atoms with Crippen LogP contribution in [-0.4, -0.2) is 18.5 Å². The van der Waals surface area contributed by atoms with E-state index in [0.717, 1.165) is 14.3 Å². The predicted molar refractivity (Wildman–Crippen MR) is 77.6 cm³/mol. The molecule has 0 radical (unpaired) electrons. The summed E-state index contributed by atoms with van der Waals surface area (Å²) in [6.07, 6.45) is 0. The van der Waals surface area contributed by atoms with Crippen molar-refractivity contribution < 1.29 is 9.21 Å². The maximum atomic E-state index is 11.9. The van der Waals surface area contributed by atoms with E-state index in [1.165, 1.54) is 0 Å². The molecule has 2 rings (SSSR count). The van der Waals surface area contributed by atoms with E-state index in [2.05, 4.69) is 37.2 Å². The summed E-state index contributed by atoms with van der Waals surface area (Å²) in [5.41, 5.74) is 6.11. The van der Waals surface area contributed by atoms with E-state index in [-0.39, 0.29) is 17.7 Å². The van der Waals surface area contributed by atoms with Gasteiger partial charge in [0.05, 0.1) is 4.47 Å². The highest BCUT2D eigenvalue weighted by Crippen LogP contribution is 2.30. The first-order valence-corrected chi connectivity index (χ1v) is 6.99. The number of furan rings is 1. The van der Waals surface area contributed by atoms with E-state index in [0.29, 0.717) is 12.1 Å². The molecule has 0 aliphatic heterocycles. The minimum Gasteiger partial charge on any atom is -0.450 e. The second-order valence-corrected chi connectivity index (χ2v) is 5.80. The van der Waals surface area contributed by atoms with Crippen molar-refractivity contribution in [2.24, 2.45) is 5.73 Å². The third kappa shape index (κ3) is 2.76. The Morgan fingerprint density at radius 2 is 2.17 bits per heavy atom. The third-order valence-corrected chi connectivity index (χ3v) is 3.54. The molecule has 0 unspecified atom stereocenters. The number of amides is 1. The van der Waals surface area contributed by atoms with Gasteiger partial charge in [-0.05, 0) is 41.1 Å². The molecule has 96 valence electrons. The normalized spacial score (nSPS) is 12.7. The van der Waals surface area contributed by atoms with Crippen molar-refractivity contribution in [3.05, 3.63) is 32.9 Å². The highest BCUT2D eigenvalue weighted by molar-refractivity contribution is 9.11. The summed E-state index contributed by atoms with van der Waals surface area (Å²) in [6, 6.07) is 5.40. The largest absolute Gasteiger partial charge is 0.450 e. The molecule has 18 heavy (non-hydrogen) atoms. The first-order chi connectivity index (χ1) is 8.51. The van der Waals surface area contributed by atoms with E-state index in [1.807, 2.05) is 19.1 Å². The van der Waals surface area contributed by atoms with Gasteiger partial charge < -0.3 is 15.5 Å². The Balaban J connectivity index is 2.35. The van der Waals surface area contributed by atoms with Crippen molar-refractivity contribution in [1.29, 1.82) is 0 Å². The minimum atomic E-state index is -0.257. The molecule has 3 N–H and O–H groups in total. The van der Waals surface area contributed by atoms with Gasteiger partial charge in [-0.25, -0.2) is 0 Å². The van der Waals surface area contributed by atoms with Gasteiger partial charge in [0, 0.05) is 22.4 Å². The molecule has 1 amide bonds. The Bertz CT molecular complexity index is 595. The number of hydrogen-bond donors (Lipinski definition) is 2. The molecule has 0 aliphatic carbocycles. The van der Waals surface area contributed by atoms with Crippen LogP contribution in [0, 0.1) is 0 Å². The lowest BCUT2D eigenvalue weighted by Gasteiger charge is -2.08. The molecule has 4 nitrogen and oxygen atoms in total. The topological polar surface area (TPSA) is 68.3 Å². The average molecular weight is 376 g/mol. The van der Waals surface area contributed by atoms with Gasteiger partial charge in [-0.3, -0.25) is 4.79 Å². The van der Waals surface area contributed by atoms with Crippen molar-refractivity contribution in [2.45, 2.75) is 13.0 Å². The Hall–Kier alpha value is -0.850. The van der Waals surface area contributed by atoms with Gasteiger partial charge in [-0.15, -0.1) is 0 Å². The van der Waals surface area contributed by atoms with Gasteiger partial charge in [-0.2, -0.15) is 0 Å². The zero-order valence-electron chi connectivity index (χ0n) is 9.67. The highest BCUT2D eigenvalue weighted by atomic mass is 79.9. The predicted octanol–water partition coefficient (Wildman–Crippen LogP) is 3.03. The molecule has 0 spiro atoms. The molecule has 1 atom stereocenters. The molecule has 6 heteroatoms. The molecular weight excluding hydrogens is 364 g/mol. The van der Waals surface area contributed by atoms with Crippen LogP contribution in [0.1, 0.15) is 17.5 Å². The third-order valence-electron chi connectivity index (χ3n) is 2.49. The number of halogens is 2. The molecule has 0 fully saturated rings. The van der Waals surface area contributed by atoms with Gasteiger partial charge in [0.2, 0.25) is 0 Å². The number of carbonyl (C=O) groups excluding carboxylic acids is 1. The van der Waals surface area contributed by atoms with Crippen molar-refractivity contribution in [3.63, 3.8) is 0 Å². The fourth-order valence-corrected chi connectivity index (χ4v) is 2.88. The summed E-state index contributed by atoms with van der Waals surface area (Å²) in [5, 5.41) is 3.62. The number of nitrogens with one attached hydrogen (secondary N) is 1. The van der Waals surface area contributed by atoms with Gasteiger partial charge >= 0.3 is 0 Å². The fourth-order valence-electron chi connectivity index (χ4n) is 1.54. The average Bonchev–Trinajstić information content (AvgIpc) is 2.72. The minimum absolute atomic E-state index is 0.0825. The fraction of sp³-hybridized carbons (Fsp3) is 0.250. The zero-order valence-corrected chi connectivity index (χ0v) is 12.8. The molecule has 0 aliphatic rings. The summed E-state index contributed by atoms with van der Waals surface area (Å²) in [4.78, 5) is 11.9. The Kier molecular flexibility index (Phi) is 4.09. The van der Waals surface area contributed by atoms with Crippen LogP contribution in [0.25, 0.3) is 11.0 Å². The van der Waals surface area contributed by atoms with Gasteiger partial charge in [0.25, 0.3) is 5.91 Å². The second-order valence-electron chi connectivity index (χ2n) is 4.03. The van der Waals surface area contributed by atoms with Crippen LogP contribution in [0.3, 0.4) is 0 Å². The van der Waals surface area contributed by atoms with Crippen LogP contribution in [0.5, 0.6) is 0 Å². The van der Waals surface area contributed by atoms with Gasteiger partial charge in [0.1, 0.15) is 5.58 Å². The lowest BCUT2D eigenvalue weighted by atomic mass is 10.2. The number of fused-ring (bicyclic) bond motifs is 1. The van der Waals surface area contributed by atoms with Crippen molar-refractivity contribution in [2.75, 3.05) is 6.54 Å². The van der Waals surface area contributed by atoms with E-state index in [4.69, 9.17) is 10.2 Å². The van der Waals surface area contributed by atoms with Crippen molar-refractivity contribution in [1.82, 2.24) is 5.32 Å². The lowest BCUT2D eigenvalue weighted by Crippen LogP contribution is -2.37. The summed E-state index contributed by atoms with van der Waals surface area (Å²) in [6.45, 7) is 2.23. The first-order valence-electron chi connectivity index (χ1n) is 5.40. The molecule has 1 aromatic carbocycles. The monoisotopic (exact) mass is 374 g/mol. The van der Waals surface area contributed by atoms with Crippen LogP contribution in [0.2, 0.25) is 0 Å². The van der Waals surface area contributed by atoms with Crippen molar-refractivity contribution in [3.8, 4) is 0 Å². The molecule has 1 aromatic heterocycles. The standard InChI is InChI=1S/C12H12Br2N2O2/c1-6(5-15)16-12(17)10-3-7-2-8(13)4-9(14)11(7)18-10/h2-4,6H,5,15H2,1H3,(H,16,17)/t6-/m0/s1. The molecule has 0 saturated carbocycles. The highest BCUT2D eigenvalue weighted by Gasteiger charge is 2.15. The molecule has 0 saturated heterocycles. The Labute approximate surface area is 121 Å². The number of carbonyl (C=O) groups is 1. The molecule has 2 aromatic rings. The number of hydrogen-bond acceptors (Lipinski definition) is 3. The molecular formula is C12H12Br2N2O2. The summed E-state index contributed by atoms with van der Waals surface area (Å²) >= 11 is 6.79. The van der Waals surface area contributed by atoms with Crippen LogP contribution in [-0.2, 0) is 0 Å².